The van der Waals surface area contributed by atoms with Crippen molar-refractivity contribution in [2.24, 2.45) is 0 Å². The molecule has 2 fully saturated rings. The van der Waals surface area contributed by atoms with E-state index in [2.05, 4.69) is 17.1 Å². The molecule has 1 aliphatic carbocycles. The zero-order valence-corrected chi connectivity index (χ0v) is 17.2. The Morgan fingerprint density at radius 3 is 2.75 bits per heavy atom. The molecule has 1 aromatic heterocycles. The number of hydrogen-bond acceptors (Lipinski definition) is 3. The predicted molar refractivity (Wildman–Crippen MR) is 112 cm³/mol. The first-order valence-corrected chi connectivity index (χ1v) is 10.7. The number of rotatable bonds is 3. The van der Waals surface area contributed by atoms with Crippen molar-refractivity contribution in [3.8, 4) is 0 Å². The van der Waals surface area contributed by atoms with Crippen LogP contribution in [0.4, 0.5) is 4.79 Å². The topological polar surface area (TPSA) is 45.7 Å². The van der Waals surface area contributed by atoms with E-state index in [1.54, 1.807) is 0 Å². The molecule has 2 aliphatic rings. The van der Waals surface area contributed by atoms with Crippen LogP contribution in [0, 0.1) is 6.92 Å². The average Bonchev–Trinajstić information content (AvgIpc) is 2.74. The monoisotopic (exact) mass is 401 g/mol. The number of hydrogen-bond donors (Lipinski definition) is 0. The Kier molecular flexibility index (Phi) is 6.02. The Morgan fingerprint density at radius 2 is 2.00 bits per heavy atom. The number of benzene rings is 1. The molecule has 1 aliphatic heterocycles. The first kappa shape index (κ1) is 19.5. The van der Waals surface area contributed by atoms with E-state index in [0.717, 1.165) is 34.9 Å². The van der Waals surface area contributed by atoms with E-state index in [9.17, 15) is 4.79 Å². The summed E-state index contributed by atoms with van der Waals surface area (Å²) in [5, 5.41) is 1.57. The molecule has 0 N–H and O–H groups in total. The highest BCUT2D eigenvalue weighted by Gasteiger charge is 2.30. The lowest BCUT2D eigenvalue weighted by Crippen LogP contribution is -2.51. The maximum absolute atomic E-state index is 13.4. The quantitative estimate of drug-likeness (QED) is 0.695. The molecule has 1 saturated heterocycles. The van der Waals surface area contributed by atoms with Gasteiger partial charge in [-0.3, -0.25) is 0 Å². The lowest BCUT2D eigenvalue weighted by atomic mass is 9.94. The van der Waals surface area contributed by atoms with Crippen LogP contribution < -0.4 is 0 Å². The number of pyridine rings is 1. The minimum absolute atomic E-state index is 0.107. The highest BCUT2D eigenvalue weighted by Crippen LogP contribution is 2.29. The van der Waals surface area contributed by atoms with Gasteiger partial charge < -0.3 is 14.5 Å². The van der Waals surface area contributed by atoms with Crippen molar-refractivity contribution < 1.29 is 9.53 Å². The fourth-order valence-electron chi connectivity index (χ4n) is 4.34. The fraction of sp³-hybridized carbons (Fsp3) is 0.545. The molecule has 6 heteroatoms. The Bertz CT molecular complexity index is 845. The van der Waals surface area contributed by atoms with Crippen LogP contribution in [0.25, 0.3) is 10.9 Å². The minimum Gasteiger partial charge on any atom is -0.378 e. The molecule has 1 aromatic carbocycles. The molecule has 28 heavy (non-hydrogen) atoms. The molecule has 5 nitrogen and oxygen atoms in total. The first-order chi connectivity index (χ1) is 13.6. The van der Waals surface area contributed by atoms with Crippen molar-refractivity contribution in [3.63, 3.8) is 0 Å². The lowest BCUT2D eigenvalue weighted by molar-refractivity contribution is 0.0357. The number of halogens is 1. The van der Waals surface area contributed by atoms with E-state index < -0.39 is 0 Å². The zero-order valence-electron chi connectivity index (χ0n) is 16.5. The molecule has 0 radical (unpaired) electrons. The molecule has 0 unspecified atom stereocenters. The number of carbonyl (C=O) groups excluding carboxylic acids is 1. The third-order valence-corrected chi connectivity index (χ3v) is 6.28. The van der Waals surface area contributed by atoms with Crippen LogP contribution in [-0.4, -0.2) is 53.2 Å². The Balaban J connectivity index is 1.63. The standard InChI is InChI=1S/C22H28ClN3O2/c1-16-6-5-7-17-14-18(21(23)24-20(16)17)15-26(19-8-3-2-4-9-19)22(27)25-10-12-28-13-11-25/h5-7,14,19H,2-4,8-13,15H2,1H3. The van der Waals surface area contributed by atoms with Crippen molar-refractivity contribution in [1.29, 1.82) is 0 Å². The number of fused-ring (bicyclic) bond motifs is 1. The number of para-hydroxylation sites is 1. The van der Waals surface area contributed by atoms with Crippen LogP contribution in [0.1, 0.15) is 43.2 Å². The van der Waals surface area contributed by atoms with Gasteiger partial charge in [-0.2, -0.15) is 0 Å². The maximum atomic E-state index is 13.4. The molecule has 1 saturated carbocycles. The summed E-state index contributed by atoms with van der Waals surface area (Å²) >= 11 is 6.57. The van der Waals surface area contributed by atoms with Gasteiger partial charge in [-0.25, -0.2) is 9.78 Å². The fourth-order valence-corrected chi connectivity index (χ4v) is 4.54. The summed E-state index contributed by atoms with van der Waals surface area (Å²) in [6, 6.07) is 8.62. The van der Waals surface area contributed by atoms with Crippen molar-refractivity contribution >= 4 is 28.5 Å². The smallest absolute Gasteiger partial charge is 0.320 e. The van der Waals surface area contributed by atoms with Gasteiger partial charge in [-0.1, -0.05) is 49.1 Å². The van der Waals surface area contributed by atoms with Crippen LogP contribution in [0.5, 0.6) is 0 Å². The molecule has 150 valence electrons. The number of carbonyl (C=O) groups is 1. The molecular formula is C22H28ClN3O2. The molecule has 2 amide bonds. The number of morpholine rings is 1. The third kappa shape index (κ3) is 4.11. The van der Waals surface area contributed by atoms with E-state index in [1.165, 1.54) is 19.3 Å². The van der Waals surface area contributed by atoms with Gasteiger partial charge in [0.25, 0.3) is 0 Å². The van der Waals surface area contributed by atoms with Gasteiger partial charge in [-0.05, 0) is 31.4 Å². The molecular weight excluding hydrogens is 374 g/mol. The van der Waals surface area contributed by atoms with E-state index >= 15 is 0 Å². The van der Waals surface area contributed by atoms with Crippen LogP contribution in [0.2, 0.25) is 5.15 Å². The Morgan fingerprint density at radius 1 is 1.25 bits per heavy atom. The average molecular weight is 402 g/mol. The number of aryl methyl sites for hydroxylation is 1. The molecule has 0 bridgehead atoms. The number of aromatic nitrogens is 1. The molecule has 4 rings (SSSR count). The molecule has 2 heterocycles. The number of amides is 2. The van der Waals surface area contributed by atoms with Crippen molar-refractivity contribution in [1.82, 2.24) is 14.8 Å². The van der Waals surface area contributed by atoms with Gasteiger partial charge >= 0.3 is 6.03 Å². The molecule has 0 atom stereocenters. The van der Waals surface area contributed by atoms with Gasteiger partial charge in [0.05, 0.1) is 25.3 Å². The molecule has 0 spiro atoms. The largest absolute Gasteiger partial charge is 0.378 e. The van der Waals surface area contributed by atoms with Crippen molar-refractivity contribution in [2.75, 3.05) is 26.3 Å². The Hall–Kier alpha value is -1.85. The third-order valence-electron chi connectivity index (χ3n) is 5.96. The lowest BCUT2D eigenvalue weighted by Gasteiger charge is -2.39. The van der Waals surface area contributed by atoms with Gasteiger partial charge in [0.15, 0.2) is 0 Å². The minimum atomic E-state index is 0.107. The van der Waals surface area contributed by atoms with Crippen LogP contribution in [0.15, 0.2) is 24.3 Å². The van der Waals surface area contributed by atoms with Gasteiger partial charge in [0.2, 0.25) is 0 Å². The van der Waals surface area contributed by atoms with E-state index in [4.69, 9.17) is 16.3 Å². The van der Waals surface area contributed by atoms with Crippen molar-refractivity contribution in [2.45, 2.75) is 51.6 Å². The second-order valence-corrected chi connectivity index (χ2v) is 8.24. The summed E-state index contributed by atoms with van der Waals surface area (Å²) in [5.74, 6) is 0. The van der Waals surface area contributed by atoms with Crippen LogP contribution in [0.3, 0.4) is 0 Å². The van der Waals surface area contributed by atoms with Gasteiger partial charge in [-0.15, -0.1) is 0 Å². The summed E-state index contributed by atoms with van der Waals surface area (Å²) in [6.07, 6.45) is 5.75. The maximum Gasteiger partial charge on any atom is 0.320 e. The zero-order chi connectivity index (χ0) is 19.5. The second kappa shape index (κ2) is 8.66. The number of ether oxygens (including phenoxy) is 1. The highest BCUT2D eigenvalue weighted by molar-refractivity contribution is 6.30. The van der Waals surface area contributed by atoms with Gasteiger partial charge in [0.1, 0.15) is 5.15 Å². The summed E-state index contributed by atoms with van der Waals surface area (Å²) < 4.78 is 5.43. The van der Waals surface area contributed by atoms with E-state index in [-0.39, 0.29) is 12.1 Å². The van der Waals surface area contributed by atoms with Gasteiger partial charge in [0, 0.05) is 30.1 Å². The summed E-state index contributed by atoms with van der Waals surface area (Å²) in [4.78, 5) is 22.0. The summed E-state index contributed by atoms with van der Waals surface area (Å²) in [5.41, 5.74) is 2.96. The second-order valence-electron chi connectivity index (χ2n) is 7.89. The van der Waals surface area contributed by atoms with E-state index in [0.29, 0.717) is 38.0 Å². The first-order valence-electron chi connectivity index (χ1n) is 10.3. The Labute approximate surface area is 171 Å². The molecule has 2 aromatic rings. The number of urea groups is 1. The SMILES string of the molecule is Cc1cccc2cc(CN(C(=O)N3CCOCC3)C3CCCCC3)c(Cl)nc12. The van der Waals surface area contributed by atoms with Crippen LogP contribution >= 0.6 is 11.6 Å². The van der Waals surface area contributed by atoms with Crippen LogP contribution in [-0.2, 0) is 11.3 Å². The van der Waals surface area contributed by atoms with E-state index in [1.807, 2.05) is 28.9 Å². The number of nitrogens with zero attached hydrogens (tertiary/aromatic N) is 3. The summed E-state index contributed by atoms with van der Waals surface area (Å²) in [7, 11) is 0. The highest BCUT2D eigenvalue weighted by atomic mass is 35.5. The normalized spacial score (nSPS) is 18.4. The summed E-state index contributed by atoms with van der Waals surface area (Å²) in [6.45, 7) is 5.09. The van der Waals surface area contributed by atoms with Crippen molar-refractivity contribution in [3.05, 3.63) is 40.5 Å². The predicted octanol–water partition coefficient (Wildman–Crippen LogP) is 4.78.